The van der Waals surface area contributed by atoms with Gasteiger partial charge in [-0.25, -0.2) is 0 Å². The van der Waals surface area contributed by atoms with Gasteiger partial charge in [-0.2, -0.15) is 5.10 Å². The molecular formula is C13H15BrCl2N4. The van der Waals surface area contributed by atoms with Crippen molar-refractivity contribution in [3.05, 3.63) is 49.7 Å². The third kappa shape index (κ3) is 3.18. The lowest BCUT2D eigenvalue weighted by molar-refractivity contribution is 0.530. The number of aromatic nitrogens is 2. The van der Waals surface area contributed by atoms with Crippen LogP contribution in [0.25, 0.3) is 0 Å². The molecule has 0 saturated carbocycles. The highest BCUT2D eigenvalue weighted by Crippen LogP contribution is 2.30. The standard InChI is InChI=1S/C13H15BrCl2N4/c1-7-13(16)12(20(2)19-7)6-11(18-17)9-4-3-8(14)5-10(9)15/h3-5,11,18H,6,17H2,1-2H3. The second kappa shape index (κ2) is 6.45. The largest absolute Gasteiger partial charge is 0.271 e. The molecule has 108 valence electrons. The number of benzene rings is 1. The smallest absolute Gasteiger partial charge is 0.0847 e. The molecule has 0 aliphatic carbocycles. The van der Waals surface area contributed by atoms with E-state index in [4.69, 9.17) is 29.0 Å². The Balaban J connectivity index is 2.33. The van der Waals surface area contributed by atoms with Crippen LogP contribution in [0.5, 0.6) is 0 Å². The summed E-state index contributed by atoms with van der Waals surface area (Å²) in [5, 5.41) is 5.62. The number of hydrogen-bond donors (Lipinski definition) is 2. The summed E-state index contributed by atoms with van der Waals surface area (Å²) in [6, 6.07) is 5.58. The fourth-order valence-electron chi connectivity index (χ4n) is 2.14. The van der Waals surface area contributed by atoms with Crippen LogP contribution in [0.3, 0.4) is 0 Å². The van der Waals surface area contributed by atoms with Crippen LogP contribution in [0.4, 0.5) is 0 Å². The van der Waals surface area contributed by atoms with Gasteiger partial charge in [-0.05, 0) is 24.6 Å². The highest BCUT2D eigenvalue weighted by molar-refractivity contribution is 9.10. The first kappa shape index (κ1) is 15.8. The molecule has 1 unspecified atom stereocenters. The highest BCUT2D eigenvalue weighted by atomic mass is 79.9. The molecule has 1 heterocycles. The molecule has 4 nitrogen and oxygen atoms in total. The lowest BCUT2D eigenvalue weighted by atomic mass is 10.0. The molecular weight excluding hydrogens is 363 g/mol. The zero-order valence-electron chi connectivity index (χ0n) is 11.1. The third-order valence-electron chi connectivity index (χ3n) is 3.20. The van der Waals surface area contributed by atoms with E-state index in [9.17, 15) is 0 Å². The number of aryl methyl sites for hydroxylation is 2. The van der Waals surface area contributed by atoms with E-state index in [-0.39, 0.29) is 6.04 Å². The Labute approximate surface area is 136 Å². The van der Waals surface area contributed by atoms with Crippen molar-refractivity contribution >= 4 is 39.1 Å². The second-order valence-corrected chi connectivity index (χ2v) is 6.26. The van der Waals surface area contributed by atoms with Crippen molar-refractivity contribution in [2.45, 2.75) is 19.4 Å². The third-order valence-corrected chi connectivity index (χ3v) is 4.51. The number of hydrogen-bond acceptors (Lipinski definition) is 3. The van der Waals surface area contributed by atoms with Crippen molar-refractivity contribution < 1.29 is 0 Å². The average molecular weight is 378 g/mol. The maximum atomic E-state index is 6.28. The summed E-state index contributed by atoms with van der Waals surface area (Å²) < 4.78 is 2.70. The monoisotopic (exact) mass is 376 g/mol. The van der Waals surface area contributed by atoms with Gasteiger partial charge in [-0.1, -0.05) is 45.2 Å². The molecule has 7 heteroatoms. The molecule has 2 aromatic rings. The van der Waals surface area contributed by atoms with Crippen LogP contribution in [0.2, 0.25) is 10.0 Å². The quantitative estimate of drug-likeness (QED) is 0.632. The molecule has 2 rings (SSSR count). The molecule has 0 amide bonds. The van der Waals surface area contributed by atoms with Crippen molar-refractivity contribution in [1.29, 1.82) is 0 Å². The normalized spacial score (nSPS) is 12.7. The predicted molar refractivity (Wildman–Crippen MR) is 85.9 cm³/mol. The number of hydrazine groups is 1. The van der Waals surface area contributed by atoms with Gasteiger partial charge in [0.05, 0.1) is 22.5 Å². The molecule has 1 atom stereocenters. The number of halogens is 3. The van der Waals surface area contributed by atoms with E-state index in [1.54, 1.807) is 4.68 Å². The lowest BCUT2D eigenvalue weighted by Gasteiger charge is -2.18. The fraction of sp³-hybridized carbons (Fsp3) is 0.308. The Bertz CT molecular complexity index is 627. The van der Waals surface area contributed by atoms with Crippen molar-refractivity contribution in [1.82, 2.24) is 15.2 Å². The molecule has 0 saturated heterocycles. The van der Waals surface area contributed by atoms with Gasteiger partial charge in [-0.15, -0.1) is 0 Å². The summed E-state index contributed by atoms with van der Waals surface area (Å²) in [7, 11) is 1.87. The summed E-state index contributed by atoms with van der Waals surface area (Å²) >= 11 is 15.9. The van der Waals surface area contributed by atoms with Gasteiger partial charge < -0.3 is 0 Å². The first-order chi connectivity index (χ1) is 9.43. The highest BCUT2D eigenvalue weighted by Gasteiger charge is 2.19. The summed E-state index contributed by atoms with van der Waals surface area (Å²) in [6.45, 7) is 1.88. The van der Waals surface area contributed by atoms with E-state index in [0.29, 0.717) is 16.5 Å². The van der Waals surface area contributed by atoms with E-state index in [2.05, 4.69) is 26.5 Å². The maximum absolute atomic E-state index is 6.28. The molecule has 20 heavy (non-hydrogen) atoms. The minimum atomic E-state index is -0.136. The van der Waals surface area contributed by atoms with Gasteiger partial charge in [0.2, 0.25) is 0 Å². The number of nitrogens with one attached hydrogen (secondary N) is 1. The predicted octanol–water partition coefficient (Wildman–Crippen LogP) is 3.54. The average Bonchev–Trinajstić information content (AvgIpc) is 2.62. The van der Waals surface area contributed by atoms with Crippen LogP contribution >= 0.6 is 39.1 Å². The summed E-state index contributed by atoms with van der Waals surface area (Å²) in [5.41, 5.74) is 5.44. The Morgan fingerprint density at radius 1 is 1.45 bits per heavy atom. The Hall–Kier alpha value is -0.590. The SMILES string of the molecule is Cc1nn(C)c(CC(NN)c2ccc(Br)cc2Cl)c1Cl. The number of nitrogens with zero attached hydrogens (tertiary/aromatic N) is 2. The van der Waals surface area contributed by atoms with Crippen molar-refractivity contribution in [2.24, 2.45) is 12.9 Å². The molecule has 0 fully saturated rings. The topological polar surface area (TPSA) is 55.9 Å². The van der Waals surface area contributed by atoms with Crippen LogP contribution in [0, 0.1) is 6.92 Å². The Morgan fingerprint density at radius 3 is 2.65 bits per heavy atom. The van der Waals surface area contributed by atoms with Crippen LogP contribution in [0.15, 0.2) is 22.7 Å². The van der Waals surface area contributed by atoms with E-state index in [0.717, 1.165) is 21.4 Å². The summed E-state index contributed by atoms with van der Waals surface area (Å²) in [4.78, 5) is 0. The molecule has 0 aliphatic rings. The minimum absolute atomic E-state index is 0.136. The maximum Gasteiger partial charge on any atom is 0.0847 e. The number of nitrogens with two attached hydrogens (primary N) is 1. The molecule has 0 spiro atoms. The lowest BCUT2D eigenvalue weighted by Crippen LogP contribution is -2.30. The van der Waals surface area contributed by atoms with Gasteiger partial charge >= 0.3 is 0 Å². The van der Waals surface area contributed by atoms with Crippen LogP contribution in [-0.4, -0.2) is 9.78 Å². The number of rotatable bonds is 4. The van der Waals surface area contributed by atoms with E-state index < -0.39 is 0 Å². The molecule has 3 N–H and O–H groups in total. The molecule has 0 radical (unpaired) electrons. The molecule has 1 aromatic heterocycles. The van der Waals surface area contributed by atoms with Gasteiger partial charge in [-0.3, -0.25) is 16.0 Å². The molecule has 0 bridgehead atoms. The first-order valence-electron chi connectivity index (χ1n) is 6.03. The van der Waals surface area contributed by atoms with E-state index in [1.165, 1.54) is 0 Å². The summed E-state index contributed by atoms with van der Waals surface area (Å²) in [6.07, 6.45) is 0.605. The van der Waals surface area contributed by atoms with Crippen LogP contribution in [0.1, 0.15) is 23.0 Å². The van der Waals surface area contributed by atoms with Crippen molar-refractivity contribution in [3.8, 4) is 0 Å². The van der Waals surface area contributed by atoms with Crippen LogP contribution < -0.4 is 11.3 Å². The van der Waals surface area contributed by atoms with Gasteiger partial charge in [0.25, 0.3) is 0 Å². The van der Waals surface area contributed by atoms with Gasteiger partial charge in [0.15, 0.2) is 0 Å². The Morgan fingerprint density at radius 2 is 2.15 bits per heavy atom. The molecule has 1 aromatic carbocycles. The van der Waals surface area contributed by atoms with Gasteiger partial charge in [0.1, 0.15) is 0 Å². The second-order valence-electron chi connectivity index (χ2n) is 4.56. The van der Waals surface area contributed by atoms with Gasteiger partial charge in [0, 0.05) is 23.0 Å². The van der Waals surface area contributed by atoms with Crippen molar-refractivity contribution in [2.75, 3.05) is 0 Å². The zero-order valence-corrected chi connectivity index (χ0v) is 14.2. The van der Waals surface area contributed by atoms with E-state index in [1.807, 2.05) is 32.2 Å². The Kier molecular flexibility index (Phi) is 5.09. The van der Waals surface area contributed by atoms with Crippen LogP contribution in [-0.2, 0) is 13.5 Å². The van der Waals surface area contributed by atoms with E-state index >= 15 is 0 Å². The zero-order chi connectivity index (χ0) is 14.9. The minimum Gasteiger partial charge on any atom is -0.271 e. The fourth-order valence-corrected chi connectivity index (χ4v) is 3.18. The first-order valence-corrected chi connectivity index (χ1v) is 7.58. The summed E-state index contributed by atoms with van der Waals surface area (Å²) in [5.74, 6) is 5.67. The molecule has 0 aliphatic heterocycles. The van der Waals surface area contributed by atoms with Crippen molar-refractivity contribution in [3.63, 3.8) is 0 Å².